The SMILES string of the molecule is Cc1ccc(NC(=O)c2cc(-c3ccc(F)cc3)nn2-c2cccc([N+](=O)[O-])c2)cc1. The number of carbonyl (C=O) groups is 1. The Bertz CT molecular complexity index is 1260. The number of nitro groups is 1. The van der Waals surface area contributed by atoms with E-state index in [1.165, 1.54) is 35.0 Å². The van der Waals surface area contributed by atoms with Crippen LogP contribution in [0.1, 0.15) is 16.1 Å². The van der Waals surface area contributed by atoms with E-state index in [1.807, 2.05) is 19.1 Å². The predicted molar refractivity (Wildman–Crippen MR) is 115 cm³/mol. The standard InChI is InChI=1S/C23H17FN4O3/c1-15-5-11-18(12-6-15)25-23(29)22-14-21(16-7-9-17(24)10-8-16)26-27(22)19-3-2-4-20(13-19)28(30)31/h2-14H,1H3,(H,25,29). The number of non-ortho nitro benzene ring substituents is 1. The van der Waals surface area contributed by atoms with Crippen molar-refractivity contribution in [1.29, 1.82) is 0 Å². The van der Waals surface area contributed by atoms with Gasteiger partial charge in [0.15, 0.2) is 0 Å². The summed E-state index contributed by atoms with van der Waals surface area (Å²) in [4.78, 5) is 23.7. The maximum absolute atomic E-state index is 13.3. The van der Waals surface area contributed by atoms with E-state index < -0.39 is 10.8 Å². The molecule has 0 radical (unpaired) electrons. The monoisotopic (exact) mass is 416 g/mol. The molecule has 0 aliphatic rings. The van der Waals surface area contributed by atoms with Gasteiger partial charge in [-0.15, -0.1) is 0 Å². The summed E-state index contributed by atoms with van der Waals surface area (Å²) < 4.78 is 14.7. The maximum Gasteiger partial charge on any atom is 0.274 e. The largest absolute Gasteiger partial charge is 0.321 e. The molecule has 0 aliphatic carbocycles. The van der Waals surface area contributed by atoms with Crippen LogP contribution >= 0.6 is 0 Å². The van der Waals surface area contributed by atoms with Crippen LogP contribution in [0.2, 0.25) is 0 Å². The Morgan fingerprint density at radius 1 is 1.03 bits per heavy atom. The summed E-state index contributed by atoms with van der Waals surface area (Å²) in [6, 6.07) is 20.4. The van der Waals surface area contributed by atoms with E-state index in [0.717, 1.165) is 5.56 Å². The Kier molecular flexibility index (Phi) is 5.28. The second-order valence-electron chi connectivity index (χ2n) is 6.93. The molecular weight excluding hydrogens is 399 g/mol. The smallest absolute Gasteiger partial charge is 0.274 e. The number of carbonyl (C=O) groups excluding carboxylic acids is 1. The molecule has 0 unspecified atom stereocenters. The van der Waals surface area contributed by atoms with Crippen LogP contribution in [0.15, 0.2) is 78.9 Å². The number of benzene rings is 3. The maximum atomic E-state index is 13.3. The zero-order valence-corrected chi connectivity index (χ0v) is 16.4. The fraction of sp³-hybridized carbons (Fsp3) is 0.0435. The van der Waals surface area contributed by atoms with Crippen LogP contribution in [0.3, 0.4) is 0 Å². The Balaban J connectivity index is 1.79. The summed E-state index contributed by atoms with van der Waals surface area (Å²) in [5.74, 6) is -0.824. The topological polar surface area (TPSA) is 90.1 Å². The van der Waals surface area contributed by atoms with E-state index in [9.17, 15) is 19.3 Å². The highest BCUT2D eigenvalue weighted by molar-refractivity contribution is 6.04. The molecule has 3 aromatic carbocycles. The number of aryl methyl sites for hydroxylation is 1. The second-order valence-corrected chi connectivity index (χ2v) is 6.93. The lowest BCUT2D eigenvalue weighted by atomic mass is 10.1. The zero-order valence-electron chi connectivity index (χ0n) is 16.4. The average Bonchev–Trinajstić information content (AvgIpc) is 3.21. The fourth-order valence-corrected chi connectivity index (χ4v) is 3.07. The number of aromatic nitrogens is 2. The molecule has 154 valence electrons. The van der Waals surface area contributed by atoms with E-state index in [4.69, 9.17) is 0 Å². The quantitative estimate of drug-likeness (QED) is 0.360. The van der Waals surface area contributed by atoms with Crippen molar-refractivity contribution in [1.82, 2.24) is 9.78 Å². The zero-order chi connectivity index (χ0) is 22.0. The van der Waals surface area contributed by atoms with Crippen LogP contribution in [0.4, 0.5) is 15.8 Å². The van der Waals surface area contributed by atoms with Gasteiger partial charge >= 0.3 is 0 Å². The van der Waals surface area contributed by atoms with Gasteiger partial charge in [0.1, 0.15) is 11.5 Å². The van der Waals surface area contributed by atoms with Crippen LogP contribution in [0, 0.1) is 22.9 Å². The number of nitro benzene ring substituents is 1. The van der Waals surface area contributed by atoms with E-state index in [1.54, 1.807) is 36.4 Å². The molecule has 0 aliphatic heterocycles. The van der Waals surface area contributed by atoms with Gasteiger partial charge in [-0.25, -0.2) is 9.07 Å². The first-order valence-electron chi connectivity index (χ1n) is 9.39. The molecule has 1 heterocycles. The summed E-state index contributed by atoms with van der Waals surface area (Å²) in [5.41, 5.74) is 3.11. The van der Waals surface area contributed by atoms with Crippen molar-refractivity contribution < 1.29 is 14.1 Å². The summed E-state index contributed by atoms with van der Waals surface area (Å²) >= 11 is 0. The predicted octanol–water partition coefficient (Wildman–Crippen LogP) is 5.15. The summed E-state index contributed by atoms with van der Waals surface area (Å²) in [6.45, 7) is 1.94. The van der Waals surface area contributed by atoms with E-state index >= 15 is 0 Å². The lowest BCUT2D eigenvalue weighted by Crippen LogP contribution is -2.17. The van der Waals surface area contributed by atoms with Gasteiger partial charge in [0.05, 0.1) is 16.3 Å². The molecule has 4 aromatic rings. The van der Waals surface area contributed by atoms with Gasteiger partial charge in [-0.3, -0.25) is 14.9 Å². The van der Waals surface area contributed by atoms with Crippen molar-refractivity contribution in [2.75, 3.05) is 5.32 Å². The molecule has 1 amide bonds. The summed E-state index contributed by atoms with van der Waals surface area (Å²) in [7, 11) is 0. The van der Waals surface area contributed by atoms with Gasteiger partial charge in [0.2, 0.25) is 0 Å². The first-order chi connectivity index (χ1) is 14.9. The van der Waals surface area contributed by atoms with Crippen LogP contribution < -0.4 is 5.32 Å². The molecule has 8 heteroatoms. The number of halogens is 1. The lowest BCUT2D eigenvalue weighted by molar-refractivity contribution is -0.384. The third-order valence-corrected chi connectivity index (χ3v) is 4.68. The van der Waals surface area contributed by atoms with Gasteiger partial charge < -0.3 is 5.32 Å². The first-order valence-corrected chi connectivity index (χ1v) is 9.39. The van der Waals surface area contributed by atoms with Crippen molar-refractivity contribution in [3.63, 3.8) is 0 Å². The average molecular weight is 416 g/mol. The first kappa shape index (κ1) is 20.0. The summed E-state index contributed by atoms with van der Waals surface area (Å²) in [5, 5.41) is 18.5. The normalized spacial score (nSPS) is 10.6. The molecule has 4 rings (SSSR count). The van der Waals surface area contributed by atoms with Crippen LogP contribution in [0.25, 0.3) is 16.9 Å². The van der Waals surface area contributed by atoms with Gasteiger partial charge in [0.25, 0.3) is 11.6 Å². The number of hydrogen-bond acceptors (Lipinski definition) is 4. The van der Waals surface area contributed by atoms with E-state index in [-0.39, 0.29) is 17.2 Å². The van der Waals surface area contributed by atoms with Gasteiger partial charge in [-0.1, -0.05) is 23.8 Å². The molecule has 7 nitrogen and oxygen atoms in total. The molecule has 0 spiro atoms. The van der Waals surface area contributed by atoms with Crippen molar-refractivity contribution in [3.8, 4) is 16.9 Å². The van der Waals surface area contributed by atoms with E-state index in [2.05, 4.69) is 10.4 Å². The molecule has 31 heavy (non-hydrogen) atoms. The third kappa shape index (κ3) is 4.32. The molecule has 1 N–H and O–H groups in total. The number of rotatable bonds is 5. The highest BCUT2D eigenvalue weighted by atomic mass is 19.1. The Morgan fingerprint density at radius 3 is 2.42 bits per heavy atom. The number of nitrogens with zero attached hydrogens (tertiary/aromatic N) is 3. The molecule has 1 aromatic heterocycles. The molecule has 0 saturated heterocycles. The molecule has 0 bridgehead atoms. The lowest BCUT2D eigenvalue weighted by Gasteiger charge is -2.08. The minimum Gasteiger partial charge on any atom is -0.321 e. The Hall–Kier alpha value is -4.33. The van der Waals surface area contributed by atoms with E-state index in [0.29, 0.717) is 22.6 Å². The number of anilines is 1. The van der Waals surface area contributed by atoms with Crippen LogP contribution in [-0.2, 0) is 0 Å². The molecule has 0 saturated carbocycles. The van der Waals surface area contributed by atoms with Gasteiger partial charge in [-0.2, -0.15) is 5.10 Å². The van der Waals surface area contributed by atoms with Crippen LogP contribution in [0.5, 0.6) is 0 Å². The van der Waals surface area contributed by atoms with Crippen LogP contribution in [-0.4, -0.2) is 20.6 Å². The van der Waals surface area contributed by atoms with Crippen molar-refractivity contribution >= 4 is 17.3 Å². The highest BCUT2D eigenvalue weighted by Gasteiger charge is 2.19. The van der Waals surface area contributed by atoms with Crippen molar-refractivity contribution in [2.24, 2.45) is 0 Å². The van der Waals surface area contributed by atoms with Crippen molar-refractivity contribution in [3.05, 3.63) is 106 Å². The number of amides is 1. The van der Waals surface area contributed by atoms with Gasteiger partial charge in [-0.05, 0) is 55.5 Å². The Labute approximate surface area is 176 Å². The fourth-order valence-electron chi connectivity index (χ4n) is 3.07. The molecule has 0 atom stereocenters. The minimum absolute atomic E-state index is 0.124. The van der Waals surface area contributed by atoms with Crippen molar-refractivity contribution in [2.45, 2.75) is 6.92 Å². The van der Waals surface area contributed by atoms with Gasteiger partial charge in [0, 0.05) is 23.4 Å². The molecular formula is C23H17FN4O3. The number of hydrogen-bond donors (Lipinski definition) is 1. The minimum atomic E-state index is -0.514. The Morgan fingerprint density at radius 2 is 1.74 bits per heavy atom. The second kappa shape index (κ2) is 8.19. The highest BCUT2D eigenvalue weighted by Crippen LogP contribution is 2.25. The third-order valence-electron chi connectivity index (χ3n) is 4.68. The summed E-state index contributed by atoms with van der Waals surface area (Å²) in [6.07, 6.45) is 0. The molecule has 0 fully saturated rings. The number of nitrogens with one attached hydrogen (secondary N) is 1.